The predicted molar refractivity (Wildman–Crippen MR) is 168 cm³/mol. The normalized spacial score (nSPS) is 29.3. The summed E-state index contributed by atoms with van der Waals surface area (Å²) >= 11 is 20.7. The number of phenols is 1. The molecule has 254 valence electrons. The van der Waals surface area contributed by atoms with Crippen LogP contribution >= 0.6 is 34.8 Å². The Bertz CT molecular complexity index is 2030. The van der Waals surface area contributed by atoms with E-state index in [1.807, 2.05) is 6.92 Å². The molecule has 0 aromatic heterocycles. The van der Waals surface area contributed by atoms with Gasteiger partial charge in [-0.25, -0.2) is 26.9 Å². The highest BCUT2D eigenvalue weighted by Crippen LogP contribution is 2.66. The van der Waals surface area contributed by atoms with Crippen molar-refractivity contribution >= 4 is 69.8 Å². The molecular weight excluding hydrogens is 718 g/mol. The molecule has 0 spiro atoms. The molecule has 0 unspecified atom stereocenters. The van der Waals surface area contributed by atoms with Crippen LogP contribution in [0.2, 0.25) is 5.02 Å². The zero-order valence-electron chi connectivity index (χ0n) is 25.0. The second-order valence-electron chi connectivity index (χ2n) is 12.4. The minimum absolute atomic E-state index is 0.00177. The molecule has 7 rings (SSSR count). The lowest BCUT2D eigenvalue weighted by atomic mass is 9.56. The molecule has 6 atom stereocenters. The Kier molecular flexibility index (Phi) is 7.70. The number of hydrogen-bond acceptors (Lipinski definition) is 5. The zero-order valence-corrected chi connectivity index (χ0v) is 27.3. The molecule has 1 N–H and O–H groups in total. The summed E-state index contributed by atoms with van der Waals surface area (Å²) in [6, 6.07) is 10.3. The number of aromatic hydroxyl groups is 1. The van der Waals surface area contributed by atoms with Gasteiger partial charge in [-0.1, -0.05) is 48.4 Å². The second-order valence-corrected chi connectivity index (χ2v) is 14.1. The Labute approximate surface area is 289 Å². The molecule has 3 fully saturated rings. The van der Waals surface area contributed by atoms with Gasteiger partial charge in [0.15, 0.2) is 33.0 Å². The van der Waals surface area contributed by atoms with Gasteiger partial charge in [0.1, 0.15) is 11.4 Å². The third-order valence-electron chi connectivity index (χ3n) is 10.1. The first-order chi connectivity index (χ1) is 23.1. The molecule has 4 amide bonds. The number of benzene rings is 3. The molecule has 2 aliphatic carbocycles. The highest BCUT2D eigenvalue weighted by Gasteiger charge is 2.77. The van der Waals surface area contributed by atoms with Crippen LogP contribution in [-0.2, 0) is 25.6 Å². The summed E-state index contributed by atoms with van der Waals surface area (Å²) in [5.74, 6) is -21.8. The number of alkyl halides is 2. The first kappa shape index (κ1) is 33.5. The van der Waals surface area contributed by atoms with E-state index in [9.17, 15) is 37.5 Å². The average molecular weight is 740 g/mol. The minimum Gasteiger partial charge on any atom is -0.508 e. The fraction of sp³-hybridized carbons (Fsp3) is 0.294. The molecular formula is C34H22Cl3F5N2O5. The number of amides is 4. The van der Waals surface area contributed by atoms with Crippen molar-refractivity contribution in [1.29, 1.82) is 0 Å². The Morgan fingerprint density at radius 2 is 1.43 bits per heavy atom. The third-order valence-corrected chi connectivity index (χ3v) is 11.9. The number of hydrogen-bond donors (Lipinski definition) is 1. The van der Waals surface area contributed by atoms with E-state index in [1.54, 1.807) is 30.3 Å². The standard InChI is InChI=1S/C34H22Cl3F5N2O5/c1-2-13-3-5-14(6-4-13)43-29(46)18-10-9-16-19(21(18)30(43)47)12-33(36)31(48)44(28-26(41)24(39)23(38)25(40)27(28)42)32(49)34(33,37)22(16)17-8-7-15(45)11-20(17)35/h3-9,11,18-19,21-22,45H,2,10,12H2,1H3/t18-,19+,21-,22+,33+,34-/m0/s1. The fourth-order valence-electron chi connectivity index (χ4n) is 7.80. The van der Waals surface area contributed by atoms with Crippen molar-refractivity contribution in [3.8, 4) is 5.75 Å². The summed E-state index contributed by atoms with van der Waals surface area (Å²) in [6.45, 7) is 1.93. The number of carbonyl (C=O) groups is 4. The monoisotopic (exact) mass is 738 g/mol. The number of phenolic OH excluding ortho intramolecular Hbond substituents is 1. The lowest BCUT2D eigenvalue weighted by Gasteiger charge is -2.50. The molecule has 2 aliphatic heterocycles. The molecule has 2 heterocycles. The van der Waals surface area contributed by atoms with Gasteiger partial charge in [-0.2, -0.15) is 0 Å². The number of aryl methyl sites for hydroxylation is 1. The highest BCUT2D eigenvalue weighted by atomic mass is 35.5. The molecule has 7 nitrogen and oxygen atoms in total. The maximum Gasteiger partial charge on any atom is 0.258 e. The number of carbonyl (C=O) groups excluding carboxylic acids is 4. The molecule has 0 radical (unpaired) electrons. The van der Waals surface area contributed by atoms with E-state index in [1.165, 1.54) is 12.1 Å². The van der Waals surface area contributed by atoms with Gasteiger partial charge in [0.05, 0.1) is 17.5 Å². The van der Waals surface area contributed by atoms with Gasteiger partial charge < -0.3 is 5.11 Å². The fourth-order valence-corrected chi connectivity index (χ4v) is 9.01. The first-order valence-corrected chi connectivity index (χ1v) is 16.2. The molecule has 4 aliphatic rings. The van der Waals surface area contributed by atoms with E-state index in [0.717, 1.165) is 16.5 Å². The number of halogens is 8. The Balaban J connectivity index is 1.42. The van der Waals surface area contributed by atoms with E-state index in [0.29, 0.717) is 12.1 Å². The van der Waals surface area contributed by atoms with Gasteiger partial charge in [0, 0.05) is 10.9 Å². The smallest absolute Gasteiger partial charge is 0.258 e. The van der Waals surface area contributed by atoms with E-state index < -0.39 is 98.2 Å². The highest BCUT2D eigenvalue weighted by molar-refractivity contribution is 6.58. The zero-order chi connectivity index (χ0) is 35.5. The summed E-state index contributed by atoms with van der Waals surface area (Å²) in [5.41, 5.74) is -0.382. The number of anilines is 2. The van der Waals surface area contributed by atoms with Gasteiger partial charge in [-0.05, 0) is 60.6 Å². The molecule has 0 bridgehead atoms. The van der Waals surface area contributed by atoms with Gasteiger partial charge in [0.2, 0.25) is 17.6 Å². The Hall–Kier alpha value is -4.00. The van der Waals surface area contributed by atoms with Crippen LogP contribution in [0.5, 0.6) is 5.75 Å². The number of allylic oxidation sites excluding steroid dienone is 2. The van der Waals surface area contributed by atoms with Crippen LogP contribution in [0, 0.1) is 46.8 Å². The predicted octanol–water partition coefficient (Wildman–Crippen LogP) is 7.07. The van der Waals surface area contributed by atoms with Crippen LogP contribution in [0.4, 0.5) is 33.3 Å². The van der Waals surface area contributed by atoms with Crippen LogP contribution < -0.4 is 9.80 Å². The summed E-state index contributed by atoms with van der Waals surface area (Å²) in [6.07, 6.45) is 1.60. The van der Waals surface area contributed by atoms with E-state index in [2.05, 4.69) is 0 Å². The molecule has 1 saturated carbocycles. The van der Waals surface area contributed by atoms with Crippen molar-refractivity contribution in [3.63, 3.8) is 0 Å². The van der Waals surface area contributed by atoms with Crippen LogP contribution in [0.25, 0.3) is 0 Å². The molecule has 3 aromatic carbocycles. The largest absolute Gasteiger partial charge is 0.508 e. The maximum atomic E-state index is 15.2. The third kappa shape index (κ3) is 4.32. The minimum atomic E-state index is -2.72. The maximum absolute atomic E-state index is 15.2. The van der Waals surface area contributed by atoms with Gasteiger partial charge in [-0.3, -0.25) is 24.1 Å². The van der Waals surface area contributed by atoms with E-state index >= 15 is 8.78 Å². The SMILES string of the molecule is CCc1ccc(N2C(=O)[C@H]3[C@H](CC=C4[C@H]3C[C@@]3(Cl)C(=O)N(c5c(F)c(F)c(F)c(F)c5F)C(=O)[C@@]3(Cl)[C@H]4c3ccc(O)cc3Cl)C2=O)cc1. The Morgan fingerprint density at radius 3 is 2.02 bits per heavy atom. The molecule has 3 aromatic rings. The van der Waals surface area contributed by atoms with Crippen LogP contribution in [0.15, 0.2) is 54.1 Å². The van der Waals surface area contributed by atoms with Crippen molar-refractivity contribution in [1.82, 2.24) is 0 Å². The van der Waals surface area contributed by atoms with Crippen molar-refractivity contribution in [2.75, 3.05) is 9.80 Å². The van der Waals surface area contributed by atoms with Gasteiger partial charge in [0.25, 0.3) is 11.8 Å². The Morgan fingerprint density at radius 1 is 0.816 bits per heavy atom. The average Bonchev–Trinajstić information content (AvgIpc) is 3.41. The first-order valence-electron chi connectivity index (χ1n) is 15.0. The number of fused-ring (bicyclic) bond motifs is 4. The van der Waals surface area contributed by atoms with Crippen LogP contribution in [0.3, 0.4) is 0 Å². The summed E-state index contributed by atoms with van der Waals surface area (Å²) < 4.78 is 73.1. The van der Waals surface area contributed by atoms with Crippen LogP contribution in [0.1, 0.15) is 36.8 Å². The summed E-state index contributed by atoms with van der Waals surface area (Å²) in [5, 5.41) is 9.90. The quantitative estimate of drug-likeness (QED) is 0.0772. The van der Waals surface area contributed by atoms with Gasteiger partial charge in [-0.15, -0.1) is 23.2 Å². The number of imide groups is 2. The summed E-state index contributed by atoms with van der Waals surface area (Å²) in [4.78, 5) is 51.9. The van der Waals surface area contributed by atoms with E-state index in [-0.39, 0.29) is 33.2 Å². The van der Waals surface area contributed by atoms with Gasteiger partial charge >= 0.3 is 0 Å². The van der Waals surface area contributed by atoms with Crippen molar-refractivity contribution in [2.24, 2.45) is 17.8 Å². The van der Waals surface area contributed by atoms with Crippen LogP contribution in [-0.4, -0.2) is 38.5 Å². The summed E-state index contributed by atoms with van der Waals surface area (Å²) in [7, 11) is 0. The molecule has 49 heavy (non-hydrogen) atoms. The topological polar surface area (TPSA) is 95.0 Å². The van der Waals surface area contributed by atoms with Crippen molar-refractivity contribution in [3.05, 3.63) is 99.3 Å². The lowest BCUT2D eigenvalue weighted by Crippen LogP contribution is -2.60. The molecule has 2 saturated heterocycles. The second kappa shape index (κ2) is 11.3. The van der Waals surface area contributed by atoms with E-state index in [4.69, 9.17) is 34.8 Å². The van der Waals surface area contributed by atoms with Crippen molar-refractivity contribution < 1.29 is 46.2 Å². The molecule has 15 heteroatoms. The number of rotatable bonds is 4. The van der Waals surface area contributed by atoms with Crippen molar-refractivity contribution in [2.45, 2.75) is 41.9 Å². The lowest BCUT2D eigenvalue weighted by molar-refractivity contribution is -0.125. The number of nitrogens with zero attached hydrogens (tertiary/aromatic N) is 2.